The van der Waals surface area contributed by atoms with Crippen molar-refractivity contribution >= 4 is 0 Å². The molecule has 1 aliphatic rings. The average Bonchev–Trinajstić information content (AvgIpc) is 2.93. The van der Waals surface area contributed by atoms with E-state index in [0.717, 1.165) is 12.8 Å². The Bertz CT molecular complexity index is 274. The Morgan fingerprint density at radius 1 is 1.00 bits per heavy atom. The van der Waals surface area contributed by atoms with Crippen LogP contribution in [0.3, 0.4) is 0 Å². The third-order valence-electron chi connectivity index (χ3n) is 4.54. The van der Waals surface area contributed by atoms with Crippen molar-refractivity contribution in [2.45, 2.75) is 95.5 Å². The SMILES string of the molecule is CCCCCCCCCCCCO[C@H]1[C@@H]([C@@H](O)CO)OC[C@H]1O. The van der Waals surface area contributed by atoms with Crippen LogP contribution in [-0.2, 0) is 9.47 Å². The molecule has 0 aromatic carbocycles. The second-order valence-electron chi connectivity index (χ2n) is 6.63. The molecule has 0 unspecified atom stereocenters. The molecule has 0 aromatic rings. The number of ether oxygens (including phenoxy) is 2. The summed E-state index contributed by atoms with van der Waals surface area (Å²) in [5.41, 5.74) is 0. The molecule has 5 nitrogen and oxygen atoms in total. The second-order valence-corrected chi connectivity index (χ2v) is 6.63. The lowest BCUT2D eigenvalue weighted by Gasteiger charge is -2.23. The molecule has 1 heterocycles. The number of rotatable bonds is 14. The first kappa shape index (κ1) is 20.8. The molecule has 5 heteroatoms. The first-order valence-corrected chi connectivity index (χ1v) is 9.40. The lowest BCUT2D eigenvalue weighted by molar-refractivity contribution is -0.0938. The third-order valence-corrected chi connectivity index (χ3v) is 4.54. The summed E-state index contributed by atoms with van der Waals surface area (Å²) < 4.78 is 11.0. The highest BCUT2D eigenvalue weighted by atomic mass is 16.6. The molecule has 0 radical (unpaired) electrons. The minimum absolute atomic E-state index is 0.157. The van der Waals surface area contributed by atoms with E-state index in [2.05, 4.69) is 6.92 Å². The molecule has 0 amide bonds. The molecule has 0 aliphatic carbocycles. The summed E-state index contributed by atoms with van der Waals surface area (Å²) in [4.78, 5) is 0. The van der Waals surface area contributed by atoms with Crippen LogP contribution in [0.2, 0.25) is 0 Å². The monoisotopic (exact) mass is 332 g/mol. The van der Waals surface area contributed by atoms with Gasteiger partial charge in [0.1, 0.15) is 24.4 Å². The van der Waals surface area contributed by atoms with E-state index in [-0.39, 0.29) is 13.2 Å². The van der Waals surface area contributed by atoms with Gasteiger partial charge in [0, 0.05) is 6.61 Å². The van der Waals surface area contributed by atoms with Gasteiger partial charge in [-0.05, 0) is 6.42 Å². The zero-order chi connectivity index (χ0) is 16.9. The molecule has 1 saturated heterocycles. The number of aliphatic hydroxyl groups excluding tert-OH is 3. The van der Waals surface area contributed by atoms with Crippen molar-refractivity contribution < 1.29 is 24.8 Å². The fourth-order valence-electron chi connectivity index (χ4n) is 3.07. The van der Waals surface area contributed by atoms with E-state index in [9.17, 15) is 10.2 Å². The summed E-state index contributed by atoms with van der Waals surface area (Å²) >= 11 is 0. The van der Waals surface area contributed by atoms with Gasteiger partial charge >= 0.3 is 0 Å². The molecule has 1 aliphatic heterocycles. The molecule has 0 aromatic heterocycles. The van der Waals surface area contributed by atoms with Crippen molar-refractivity contribution in [2.75, 3.05) is 19.8 Å². The van der Waals surface area contributed by atoms with Crippen LogP contribution in [0, 0.1) is 0 Å². The van der Waals surface area contributed by atoms with Gasteiger partial charge in [0.2, 0.25) is 0 Å². The Hall–Kier alpha value is -0.200. The smallest absolute Gasteiger partial charge is 0.114 e. The van der Waals surface area contributed by atoms with Gasteiger partial charge in [0.15, 0.2) is 0 Å². The Labute approximate surface area is 141 Å². The standard InChI is InChI=1S/C18H36O5/c1-2-3-4-5-6-7-8-9-10-11-12-22-18-16(21)14-23-17(18)15(20)13-19/h15-21H,2-14H2,1H3/t15-,16+,17+,18+/m0/s1. The van der Waals surface area contributed by atoms with Crippen molar-refractivity contribution in [1.82, 2.24) is 0 Å². The summed E-state index contributed by atoms with van der Waals surface area (Å²) in [7, 11) is 0. The zero-order valence-electron chi connectivity index (χ0n) is 14.7. The summed E-state index contributed by atoms with van der Waals surface area (Å²) in [6.07, 6.45) is 9.80. The quantitative estimate of drug-likeness (QED) is 0.426. The van der Waals surface area contributed by atoms with Crippen LogP contribution >= 0.6 is 0 Å². The third kappa shape index (κ3) is 8.45. The van der Waals surface area contributed by atoms with E-state index in [1.807, 2.05) is 0 Å². The molecule has 23 heavy (non-hydrogen) atoms. The van der Waals surface area contributed by atoms with Crippen molar-refractivity contribution in [3.8, 4) is 0 Å². The predicted molar refractivity (Wildman–Crippen MR) is 90.4 cm³/mol. The maximum atomic E-state index is 9.82. The molecule has 138 valence electrons. The minimum atomic E-state index is -0.996. The Morgan fingerprint density at radius 3 is 2.13 bits per heavy atom. The zero-order valence-corrected chi connectivity index (χ0v) is 14.7. The lowest BCUT2D eigenvalue weighted by atomic mass is 10.1. The van der Waals surface area contributed by atoms with E-state index in [0.29, 0.717) is 6.61 Å². The molecule has 3 N–H and O–H groups in total. The summed E-state index contributed by atoms with van der Waals surface area (Å²) in [5.74, 6) is 0. The van der Waals surface area contributed by atoms with Crippen LogP contribution in [0.5, 0.6) is 0 Å². The van der Waals surface area contributed by atoms with Crippen LogP contribution in [-0.4, -0.2) is 59.6 Å². The fraction of sp³-hybridized carbons (Fsp3) is 1.00. The Morgan fingerprint density at radius 2 is 1.57 bits per heavy atom. The van der Waals surface area contributed by atoms with E-state index >= 15 is 0 Å². The van der Waals surface area contributed by atoms with E-state index in [1.165, 1.54) is 51.4 Å². The number of hydrogen-bond acceptors (Lipinski definition) is 5. The van der Waals surface area contributed by atoms with Crippen LogP contribution < -0.4 is 0 Å². The van der Waals surface area contributed by atoms with Crippen LogP contribution in [0.25, 0.3) is 0 Å². The molecule has 1 rings (SSSR count). The fourth-order valence-corrected chi connectivity index (χ4v) is 3.07. The van der Waals surface area contributed by atoms with Gasteiger partial charge in [-0.2, -0.15) is 0 Å². The van der Waals surface area contributed by atoms with Crippen LogP contribution in [0.1, 0.15) is 71.1 Å². The normalized spacial score (nSPS) is 25.8. The number of aliphatic hydroxyl groups is 3. The molecular weight excluding hydrogens is 296 g/mol. The van der Waals surface area contributed by atoms with Crippen molar-refractivity contribution in [2.24, 2.45) is 0 Å². The van der Waals surface area contributed by atoms with Crippen molar-refractivity contribution in [1.29, 1.82) is 0 Å². The van der Waals surface area contributed by atoms with Gasteiger partial charge < -0.3 is 24.8 Å². The molecule has 0 spiro atoms. The maximum Gasteiger partial charge on any atom is 0.114 e. The number of hydrogen-bond donors (Lipinski definition) is 3. The van der Waals surface area contributed by atoms with Gasteiger partial charge in [-0.3, -0.25) is 0 Å². The topological polar surface area (TPSA) is 79.2 Å². The lowest BCUT2D eigenvalue weighted by Crippen LogP contribution is -2.42. The van der Waals surface area contributed by atoms with Gasteiger partial charge in [-0.25, -0.2) is 0 Å². The highest BCUT2D eigenvalue weighted by Crippen LogP contribution is 2.21. The summed E-state index contributed by atoms with van der Waals surface area (Å²) in [6, 6.07) is 0. The molecule has 1 fully saturated rings. The molecule has 4 atom stereocenters. The van der Waals surface area contributed by atoms with E-state index < -0.39 is 24.4 Å². The second kappa shape index (κ2) is 13.1. The van der Waals surface area contributed by atoms with Gasteiger partial charge in [-0.1, -0.05) is 64.7 Å². The molecular formula is C18H36O5. The van der Waals surface area contributed by atoms with Gasteiger partial charge in [0.05, 0.1) is 13.2 Å². The average molecular weight is 332 g/mol. The summed E-state index contributed by atoms with van der Waals surface area (Å²) in [5, 5.41) is 28.5. The van der Waals surface area contributed by atoms with E-state index in [1.54, 1.807) is 0 Å². The van der Waals surface area contributed by atoms with Gasteiger partial charge in [0.25, 0.3) is 0 Å². The number of unbranched alkanes of at least 4 members (excludes halogenated alkanes) is 9. The Kier molecular flexibility index (Phi) is 11.9. The predicted octanol–water partition coefficient (Wildman–Crippen LogP) is 2.41. The first-order chi connectivity index (χ1) is 11.2. The van der Waals surface area contributed by atoms with Crippen LogP contribution in [0.4, 0.5) is 0 Å². The van der Waals surface area contributed by atoms with Gasteiger partial charge in [-0.15, -0.1) is 0 Å². The van der Waals surface area contributed by atoms with Crippen LogP contribution in [0.15, 0.2) is 0 Å². The summed E-state index contributed by atoms with van der Waals surface area (Å²) in [6.45, 7) is 2.58. The van der Waals surface area contributed by atoms with Crippen molar-refractivity contribution in [3.63, 3.8) is 0 Å². The first-order valence-electron chi connectivity index (χ1n) is 9.40. The highest BCUT2D eigenvalue weighted by Gasteiger charge is 2.40. The van der Waals surface area contributed by atoms with Crippen molar-refractivity contribution in [3.05, 3.63) is 0 Å². The maximum absolute atomic E-state index is 9.82. The largest absolute Gasteiger partial charge is 0.394 e. The molecule has 0 bridgehead atoms. The van der Waals surface area contributed by atoms with E-state index in [4.69, 9.17) is 14.6 Å². The molecule has 0 saturated carbocycles. The highest BCUT2D eigenvalue weighted by molar-refractivity contribution is 4.89. The minimum Gasteiger partial charge on any atom is -0.394 e. The Balaban J connectivity index is 1.97.